The normalized spacial score (nSPS) is 10.3. The number of benzene rings is 2. The number of anilines is 2. The third-order valence-corrected chi connectivity index (χ3v) is 4.18. The summed E-state index contributed by atoms with van der Waals surface area (Å²) < 4.78 is 7.43. The van der Waals surface area contributed by atoms with Crippen LogP contribution in [0.1, 0.15) is 5.56 Å². The zero-order valence-corrected chi connectivity index (χ0v) is 15.5. The van der Waals surface area contributed by atoms with Crippen molar-refractivity contribution < 1.29 is 4.74 Å². The molecule has 0 saturated carbocycles. The molecule has 2 rings (SSSR count). The van der Waals surface area contributed by atoms with Crippen molar-refractivity contribution in [2.75, 3.05) is 31.4 Å². The van der Waals surface area contributed by atoms with Crippen LogP contribution < -0.4 is 15.0 Å². The van der Waals surface area contributed by atoms with E-state index in [9.17, 15) is 0 Å². The molecule has 112 valence electrons. The average Bonchev–Trinajstić information content (AvgIpc) is 2.45. The fraction of sp³-hybridized carbons (Fsp3) is 0.250. The monoisotopic (exact) mass is 412 g/mol. The molecule has 0 aliphatic carbocycles. The lowest BCUT2D eigenvalue weighted by molar-refractivity contribution is 0.407. The number of rotatable bonds is 5. The van der Waals surface area contributed by atoms with E-state index in [1.165, 1.54) is 5.69 Å². The van der Waals surface area contributed by atoms with E-state index in [1.807, 2.05) is 26.2 Å². The molecule has 0 aromatic heterocycles. The molecule has 21 heavy (non-hydrogen) atoms. The summed E-state index contributed by atoms with van der Waals surface area (Å²) in [5.74, 6) is 0.856. The van der Waals surface area contributed by atoms with Crippen LogP contribution in [0, 0.1) is 0 Å². The van der Waals surface area contributed by atoms with Gasteiger partial charge in [0.1, 0.15) is 5.75 Å². The SMILES string of the molecule is COc1c(Br)cc(Br)cc1CNc1cccc(N(C)C)c1. The van der Waals surface area contributed by atoms with Gasteiger partial charge in [-0.15, -0.1) is 0 Å². The highest BCUT2D eigenvalue weighted by molar-refractivity contribution is 9.11. The van der Waals surface area contributed by atoms with Gasteiger partial charge in [-0.1, -0.05) is 22.0 Å². The predicted molar refractivity (Wildman–Crippen MR) is 96.5 cm³/mol. The number of hydrogen-bond donors (Lipinski definition) is 1. The fourth-order valence-electron chi connectivity index (χ4n) is 2.06. The average molecular weight is 414 g/mol. The minimum Gasteiger partial charge on any atom is -0.495 e. The maximum Gasteiger partial charge on any atom is 0.138 e. The highest BCUT2D eigenvalue weighted by Gasteiger charge is 2.09. The second-order valence-electron chi connectivity index (χ2n) is 4.88. The van der Waals surface area contributed by atoms with E-state index in [2.05, 4.69) is 66.3 Å². The van der Waals surface area contributed by atoms with Gasteiger partial charge in [-0.2, -0.15) is 0 Å². The topological polar surface area (TPSA) is 24.5 Å². The van der Waals surface area contributed by atoms with Gasteiger partial charge in [0.25, 0.3) is 0 Å². The van der Waals surface area contributed by atoms with Crippen molar-refractivity contribution in [3.8, 4) is 5.75 Å². The Hall–Kier alpha value is -1.20. The van der Waals surface area contributed by atoms with Crippen LogP contribution in [0.25, 0.3) is 0 Å². The van der Waals surface area contributed by atoms with Gasteiger partial charge in [0, 0.05) is 42.1 Å². The van der Waals surface area contributed by atoms with Crippen LogP contribution in [0.5, 0.6) is 5.75 Å². The van der Waals surface area contributed by atoms with Crippen molar-refractivity contribution in [2.24, 2.45) is 0 Å². The maximum atomic E-state index is 5.47. The molecule has 0 fully saturated rings. The largest absolute Gasteiger partial charge is 0.495 e. The number of ether oxygens (including phenoxy) is 1. The molecule has 0 saturated heterocycles. The van der Waals surface area contributed by atoms with E-state index >= 15 is 0 Å². The highest BCUT2D eigenvalue weighted by atomic mass is 79.9. The van der Waals surface area contributed by atoms with Gasteiger partial charge >= 0.3 is 0 Å². The van der Waals surface area contributed by atoms with Gasteiger partial charge in [0.2, 0.25) is 0 Å². The summed E-state index contributed by atoms with van der Waals surface area (Å²) in [7, 11) is 5.76. The Morgan fingerprint density at radius 2 is 1.90 bits per heavy atom. The number of nitrogens with one attached hydrogen (secondary N) is 1. The molecule has 0 radical (unpaired) electrons. The second kappa shape index (κ2) is 7.18. The van der Waals surface area contributed by atoms with Crippen LogP contribution in [0.15, 0.2) is 45.3 Å². The third-order valence-electron chi connectivity index (χ3n) is 3.13. The van der Waals surface area contributed by atoms with E-state index in [0.29, 0.717) is 6.54 Å². The summed E-state index contributed by atoms with van der Waals surface area (Å²) in [5, 5.41) is 3.44. The van der Waals surface area contributed by atoms with E-state index in [1.54, 1.807) is 7.11 Å². The quantitative estimate of drug-likeness (QED) is 0.754. The molecule has 5 heteroatoms. The van der Waals surface area contributed by atoms with E-state index in [0.717, 1.165) is 25.9 Å². The molecule has 2 aromatic carbocycles. The smallest absolute Gasteiger partial charge is 0.138 e. The molecular formula is C16H18Br2N2O. The van der Waals surface area contributed by atoms with Gasteiger partial charge in [-0.05, 0) is 46.3 Å². The molecular weight excluding hydrogens is 396 g/mol. The maximum absolute atomic E-state index is 5.47. The Labute approximate surface area is 142 Å². The lowest BCUT2D eigenvalue weighted by Crippen LogP contribution is -2.09. The Bertz CT molecular complexity index is 630. The molecule has 0 bridgehead atoms. The van der Waals surface area contributed by atoms with Crippen LogP contribution in [-0.2, 0) is 6.54 Å². The van der Waals surface area contributed by atoms with E-state index in [-0.39, 0.29) is 0 Å². The summed E-state index contributed by atoms with van der Waals surface area (Å²) >= 11 is 7.04. The molecule has 0 atom stereocenters. The van der Waals surface area contributed by atoms with Gasteiger partial charge < -0.3 is 15.0 Å². The number of nitrogens with zero attached hydrogens (tertiary/aromatic N) is 1. The van der Waals surface area contributed by atoms with Gasteiger partial charge in [-0.3, -0.25) is 0 Å². The van der Waals surface area contributed by atoms with Crippen molar-refractivity contribution in [1.29, 1.82) is 0 Å². The molecule has 0 spiro atoms. The molecule has 1 N–H and O–H groups in total. The van der Waals surface area contributed by atoms with Crippen LogP contribution >= 0.6 is 31.9 Å². The predicted octanol–water partition coefficient (Wildman–Crippen LogP) is 4.90. The van der Waals surface area contributed by atoms with Crippen molar-refractivity contribution in [3.05, 3.63) is 50.9 Å². The van der Waals surface area contributed by atoms with Crippen molar-refractivity contribution in [3.63, 3.8) is 0 Å². The minimum atomic E-state index is 0.693. The lowest BCUT2D eigenvalue weighted by Gasteiger charge is -2.16. The number of hydrogen-bond acceptors (Lipinski definition) is 3. The summed E-state index contributed by atoms with van der Waals surface area (Å²) in [5.41, 5.74) is 3.34. The highest BCUT2D eigenvalue weighted by Crippen LogP contribution is 2.33. The van der Waals surface area contributed by atoms with Gasteiger partial charge in [-0.25, -0.2) is 0 Å². The lowest BCUT2D eigenvalue weighted by atomic mass is 10.2. The Kier molecular flexibility index (Phi) is 5.53. The Morgan fingerprint density at radius 1 is 1.14 bits per heavy atom. The van der Waals surface area contributed by atoms with Gasteiger partial charge in [0.05, 0.1) is 11.6 Å². The molecule has 0 amide bonds. The zero-order chi connectivity index (χ0) is 15.4. The van der Waals surface area contributed by atoms with Crippen molar-refractivity contribution in [2.45, 2.75) is 6.54 Å². The van der Waals surface area contributed by atoms with Crippen LogP contribution in [0.3, 0.4) is 0 Å². The number of methoxy groups -OCH3 is 1. The molecule has 2 aromatic rings. The fourth-order valence-corrected chi connectivity index (χ4v) is 3.54. The molecule has 3 nitrogen and oxygen atoms in total. The summed E-state index contributed by atoms with van der Waals surface area (Å²) in [6.07, 6.45) is 0. The van der Waals surface area contributed by atoms with E-state index < -0.39 is 0 Å². The second-order valence-corrected chi connectivity index (χ2v) is 6.65. The van der Waals surface area contributed by atoms with Crippen molar-refractivity contribution in [1.82, 2.24) is 0 Å². The summed E-state index contributed by atoms with van der Waals surface area (Å²) in [6.45, 7) is 0.693. The third kappa shape index (κ3) is 4.14. The van der Waals surface area contributed by atoms with E-state index in [4.69, 9.17) is 4.74 Å². The molecule has 0 aliphatic rings. The summed E-state index contributed by atoms with van der Waals surface area (Å²) in [4.78, 5) is 2.08. The molecule has 0 heterocycles. The van der Waals surface area contributed by atoms with Crippen molar-refractivity contribution >= 4 is 43.2 Å². The zero-order valence-electron chi connectivity index (χ0n) is 12.3. The first kappa shape index (κ1) is 16.2. The van der Waals surface area contributed by atoms with Crippen LogP contribution in [0.4, 0.5) is 11.4 Å². The molecule has 0 unspecified atom stereocenters. The first-order valence-corrected chi connectivity index (χ1v) is 8.13. The van der Waals surface area contributed by atoms with Gasteiger partial charge in [0.15, 0.2) is 0 Å². The van der Waals surface area contributed by atoms with Crippen LogP contribution in [0.2, 0.25) is 0 Å². The molecule has 0 aliphatic heterocycles. The standard InChI is InChI=1S/C16H18Br2N2O/c1-20(2)14-6-4-5-13(9-14)19-10-11-7-12(17)8-15(18)16(11)21-3/h4-9,19H,10H2,1-3H3. The van der Waals surface area contributed by atoms with Crippen LogP contribution in [-0.4, -0.2) is 21.2 Å². The first-order chi connectivity index (χ1) is 10.0. The summed E-state index contributed by atoms with van der Waals surface area (Å²) in [6, 6.07) is 12.4. The number of halogens is 2. The first-order valence-electron chi connectivity index (χ1n) is 6.54. The Balaban J connectivity index is 2.18. The minimum absolute atomic E-state index is 0.693. The Morgan fingerprint density at radius 3 is 2.57 bits per heavy atom.